The van der Waals surface area contributed by atoms with Crippen molar-refractivity contribution in [3.8, 4) is 0 Å². The Morgan fingerprint density at radius 3 is 2.58 bits per heavy atom. The number of halogens is 3. The number of amides is 2. The number of benzene rings is 1. The predicted octanol–water partition coefficient (Wildman–Crippen LogP) is 2.61. The van der Waals surface area contributed by atoms with Crippen molar-refractivity contribution in [2.45, 2.75) is 43.0 Å². The predicted molar refractivity (Wildman–Crippen MR) is 125 cm³/mol. The van der Waals surface area contributed by atoms with Crippen LogP contribution in [0.3, 0.4) is 0 Å². The second-order valence-electron chi connectivity index (χ2n) is 10.3. The number of carbonyl (C=O) groups excluding carboxylic acids is 2. The van der Waals surface area contributed by atoms with Gasteiger partial charge in [-0.25, -0.2) is 0 Å². The number of nitrogens with one attached hydrogen (secondary N) is 3. The number of alkyl halides is 3. The Morgan fingerprint density at radius 2 is 1.94 bits per heavy atom. The Labute approximate surface area is 206 Å². The maximum absolute atomic E-state index is 13.0. The van der Waals surface area contributed by atoms with Crippen LogP contribution in [-0.2, 0) is 16.6 Å². The van der Waals surface area contributed by atoms with Gasteiger partial charge >= 0.3 is 6.18 Å². The Balaban J connectivity index is 1.23. The fourth-order valence-electron chi connectivity index (χ4n) is 6.63. The van der Waals surface area contributed by atoms with Crippen LogP contribution in [0.4, 0.5) is 13.2 Å². The van der Waals surface area contributed by atoms with Gasteiger partial charge in [0.1, 0.15) is 0 Å². The molecule has 1 aliphatic heterocycles. The number of rotatable bonds is 6. The summed E-state index contributed by atoms with van der Waals surface area (Å²) in [7, 11) is 0. The average molecular weight is 503 g/mol. The lowest BCUT2D eigenvalue weighted by Crippen LogP contribution is -2.59. The molecule has 4 N–H and O–H groups in total. The molecular weight excluding hydrogens is 473 g/mol. The number of carbonyl (C=O) groups is 2. The van der Waals surface area contributed by atoms with Crippen LogP contribution in [0.25, 0.3) is 0 Å². The molecule has 2 aliphatic carbocycles. The van der Waals surface area contributed by atoms with Crippen molar-refractivity contribution in [1.82, 2.24) is 20.9 Å². The van der Waals surface area contributed by atoms with Gasteiger partial charge < -0.3 is 21.1 Å². The van der Waals surface area contributed by atoms with E-state index in [1.807, 2.05) is 12.1 Å². The highest BCUT2D eigenvalue weighted by Crippen LogP contribution is 2.60. The number of aliphatic hydroxyl groups is 1. The second kappa shape index (κ2) is 9.15. The molecule has 3 aliphatic rings. The summed E-state index contributed by atoms with van der Waals surface area (Å²) in [6, 6.07) is 7.83. The van der Waals surface area contributed by atoms with Gasteiger partial charge in [0.15, 0.2) is 0 Å². The molecule has 1 aromatic heterocycles. The van der Waals surface area contributed by atoms with Crippen LogP contribution < -0.4 is 16.0 Å². The molecule has 2 saturated carbocycles. The normalized spacial score (nSPS) is 31.4. The van der Waals surface area contributed by atoms with E-state index >= 15 is 0 Å². The van der Waals surface area contributed by atoms with Crippen LogP contribution in [0, 0.1) is 17.8 Å². The molecule has 10 heteroatoms. The van der Waals surface area contributed by atoms with Crippen LogP contribution in [0.5, 0.6) is 0 Å². The van der Waals surface area contributed by atoms with Gasteiger partial charge in [-0.15, -0.1) is 0 Å². The molecule has 2 aromatic rings. The molecule has 4 unspecified atom stereocenters. The Bertz CT molecular complexity index is 1140. The summed E-state index contributed by atoms with van der Waals surface area (Å²) in [5, 5.41) is 20.4. The van der Waals surface area contributed by atoms with Crippen molar-refractivity contribution in [2.24, 2.45) is 17.8 Å². The average Bonchev–Trinajstić information content (AvgIpc) is 3.58. The van der Waals surface area contributed by atoms with E-state index in [0.717, 1.165) is 43.5 Å². The number of nitrogens with zero attached hydrogens (tertiary/aromatic N) is 1. The van der Waals surface area contributed by atoms with Gasteiger partial charge in [0.2, 0.25) is 5.91 Å². The minimum Gasteiger partial charge on any atom is -0.385 e. The second-order valence-corrected chi connectivity index (χ2v) is 10.3. The maximum Gasteiger partial charge on any atom is 0.416 e. The zero-order valence-corrected chi connectivity index (χ0v) is 19.6. The Hall–Kier alpha value is -2.98. The molecule has 0 radical (unpaired) electrons. The molecule has 2 amide bonds. The van der Waals surface area contributed by atoms with Crippen LogP contribution in [0.15, 0.2) is 48.8 Å². The Kier molecular flexibility index (Phi) is 6.28. The highest BCUT2D eigenvalue weighted by Gasteiger charge is 2.60. The summed E-state index contributed by atoms with van der Waals surface area (Å²) in [5.41, 5.74) is -1.57. The summed E-state index contributed by atoms with van der Waals surface area (Å²) in [6.45, 7) is 1.01. The van der Waals surface area contributed by atoms with Gasteiger partial charge in [0, 0.05) is 24.5 Å². The zero-order chi connectivity index (χ0) is 25.6. The minimum absolute atomic E-state index is 0.0879. The van der Waals surface area contributed by atoms with Crippen LogP contribution in [0.2, 0.25) is 0 Å². The molecule has 1 aromatic carbocycles. The third kappa shape index (κ3) is 4.48. The maximum atomic E-state index is 13.0. The molecular formula is C26H29F3N4O3. The number of pyridine rings is 1. The molecule has 5 atom stereocenters. The molecule has 192 valence electrons. The smallest absolute Gasteiger partial charge is 0.385 e. The summed E-state index contributed by atoms with van der Waals surface area (Å²) < 4.78 is 38.9. The summed E-state index contributed by atoms with van der Waals surface area (Å²) in [4.78, 5) is 29.3. The first-order valence-corrected chi connectivity index (χ1v) is 12.2. The van der Waals surface area contributed by atoms with Gasteiger partial charge in [-0.05, 0) is 85.9 Å². The standard InChI is InChI=1S/C26H29F3N4O3/c27-26(28,29)19-3-1-2-16(10-19)23(35)32-14-22(34)33-24(6-9-31-15-24)21-12-20-11-17(21)13-25(20,36)18-4-7-30-8-5-18/h1-5,7-8,10,17,20-21,31,36H,6,9,11-15H2,(H,32,35)(H,33,34)/t17?,20?,21?,24-,25?/m0/s1. The van der Waals surface area contributed by atoms with Crippen molar-refractivity contribution in [2.75, 3.05) is 19.6 Å². The molecule has 2 bridgehead atoms. The van der Waals surface area contributed by atoms with Gasteiger partial charge in [0.25, 0.3) is 5.91 Å². The third-order valence-corrected chi connectivity index (χ3v) is 8.27. The largest absolute Gasteiger partial charge is 0.416 e. The van der Waals surface area contributed by atoms with E-state index in [4.69, 9.17) is 0 Å². The molecule has 1 saturated heterocycles. The quantitative estimate of drug-likeness (QED) is 0.486. The van der Waals surface area contributed by atoms with E-state index in [1.54, 1.807) is 12.4 Å². The van der Waals surface area contributed by atoms with Gasteiger partial charge in [0.05, 0.1) is 23.2 Å². The highest BCUT2D eigenvalue weighted by atomic mass is 19.4. The molecule has 7 nitrogen and oxygen atoms in total. The monoisotopic (exact) mass is 502 g/mol. The lowest BCUT2D eigenvalue weighted by atomic mass is 9.68. The number of hydrogen-bond acceptors (Lipinski definition) is 5. The number of fused-ring (bicyclic) bond motifs is 2. The molecule has 2 heterocycles. The molecule has 3 fully saturated rings. The third-order valence-electron chi connectivity index (χ3n) is 8.27. The van der Waals surface area contributed by atoms with Crippen LogP contribution in [-0.4, -0.2) is 47.1 Å². The van der Waals surface area contributed by atoms with Crippen molar-refractivity contribution >= 4 is 11.8 Å². The first-order valence-electron chi connectivity index (χ1n) is 12.2. The fraction of sp³-hybridized carbons (Fsp3) is 0.500. The first kappa shape index (κ1) is 24.7. The fourth-order valence-corrected chi connectivity index (χ4v) is 6.63. The minimum atomic E-state index is -4.56. The lowest BCUT2D eigenvalue weighted by Gasteiger charge is -2.44. The molecule has 5 rings (SSSR count). The van der Waals surface area contributed by atoms with Crippen LogP contribution in [0.1, 0.15) is 47.2 Å². The summed E-state index contributed by atoms with van der Waals surface area (Å²) in [6.07, 6.45) is 1.84. The van der Waals surface area contributed by atoms with E-state index in [1.165, 1.54) is 12.1 Å². The molecule has 0 spiro atoms. The van der Waals surface area contributed by atoms with Gasteiger partial charge in [-0.3, -0.25) is 14.6 Å². The highest BCUT2D eigenvalue weighted by molar-refractivity contribution is 5.96. The van der Waals surface area contributed by atoms with E-state index in [9.17, 15) is 27.9 Å². The van der Waals surface area contributed by atoms with Crippen molar-refractivity contribution in [1.29, 1.82) is 0 Å². The van der Waals surface area contributed by atoms with Crippen molar-refractivity contribution in [3.05, 3.63) is 65.5 Å². The van der Waals surface area contributed by atoms with Crippen molar-refractivity contribution < 1.29 is 27.9 Å². The first-order chi connectivity index (χ1) is 17.1. The Morgan fingerprint density at radius 1 is 1.17 bits per heavy atom. The van der Waals surface area contributed by atoms with E-state index in [-0.39, 0.29) is 35.8 Å². The number of hydrogen-bond donors (Lipinski definition) is 4. The van der Waals surface area contributed by atoms with Crippen LogP contribution >= 0.6 is 0 Å². The van der Waals surface area contributed by atoms with E-state index < -0.39 is 28.8 Å². The summed E-state index contributed by atoms with van der Waals surface area (Å²) in [5.74, 6) is -0.607. The van der Waals surface area contributed by atoms with E-state index in [2.05, 4.69) is 20.9 Å². The van der Waals surface area contributed by atoms with Gasteiger partial charge in [-0.1, -0.05) is 6.07 Å². The SMILES string of the molecule is O=C(CNC(=O)c1cccc(C(F)(F)F)c1)N[C@@]1(C2CC3CC2CC3(O)c2ccncc2)CCNC1. The van der Waals surface area contributed by atoms with Crippen molar-refractivity contribution in [3.63, 3.8) is 0 Å². The lowest BCUT2D eigenvalue weighted by molar-refractivity contribution is -0.137. The summed E-state index contributed by atoms with van der Waals surface area (Å²) >= 11 is 0. The number of aromatic nitrogens is 1. The molecule has 36 heavy (non-hydrogen) atoms. The topological polar surface area (TPSA) is 103 Å². The van der Waals surface area contributed by atoms with E-state index in [0.29, 0.717) is 13.0 Å². The van der Waals surface area contributed by atoms with Gasteiger partial charge in [-0.2, -0.15) is 13.2 Å². The zero-order valence-electron chi connectivity index (χ0n) is 19.6.